The van der Waals surface area contributed by atoms with Crippen LogP contribution >= 0.6 is 27.5 Å². The van der Waals surface area contributed by atoms with Gasteiger partial charge in [0.15, 0.2) is 0 Å². The highest BCUT2D eigenvalue weighted by atomic mass is 79.9. The summed E-state index contributed by atoms with van der Waals surface area (Å²) in [7, 11) is 0. The number of aromatic nitrogens is 1. The SMILES string of the molecule is OC[C@H]1O[C@@H](Oc2c[nH]c3ccc(Br)c(Cl)c23)C(O)[C@@H]1O. The van der Waals surface area contributed by atoms with Crippen molar-refractivity contribution in [3.05, 3.63) is 27.8 Å². The van der Waals surface area contributed by atoms with Crippen molar-refractivity contribution in [2.24, 2.45) is 0 Å². The number of hydrogen-bond donors (Lipinski definition) is 4. The third kappa shape index (κ3) is 2.54. The number of aromatic amines is 1. The Bertz CT molecular complexity index is 663. The maximum absolute atomic E-state index is 9.89. The summed E-state index contributed by atoms with van der Waals surface area (Å²) in [5.41, 5.74) is 0.768. The van der Waals surface area contributed by atoms with Gasteiger partial charge in [-0.2, -0.15) is 0 Å². The summed E-state index contributed by atoms with van der Waals surface area (Å²) >= 11 is 9.57. The summed E-state index contributed by atoms with van der Waals surface area (Å²) in [6, 6.07) is 3.63. The molecule has 1 aliphatic rings. The Morgan fingerprint density at radius 3 is 2.76 bits per heavy atom. The van der Waals surface area contributed by atoms with Gasteiger partial charge in [-0.05, 0) is 28.1 Å². The molecule has 2 aromatic rings. The molecule has 0 amide bonds. The number of ether oxygens (including phenoxy) is 2. The van der Waals surface area contributed by atoms with Crippen molar-refractivity contribution in [3.63, 3.8) is 0 Å². The van der Waals surface area contributed by atoms with Crippen LogP contribution in [0.15, 0.2) is 22.8 Å². The number of fused-ring (bicyclic) bond motifs is 1. The lowest BCUT2D eigenvalue weighted by molar-refractivity contribution is -0.115. The predicted molar refractivity (Wildman–Crippen MR) is 79.4 cm³/mol. The monoisotopic (exact) mass is 377 g/mol. The normalized spacial score (nSPS) is 29.2. The molecule has 0 bridgehead atoms. The van der Waals surface area contributed by atoms with Crippen LogP contribution in [0.25, 0.3) is 10.9 Å². The summed E-state index contributed by atoms with van der Waals surface area (Å²) in [4.78, 5) is 3.00. The second-order valence-electron chi connectivity index (χ2n) is 4.76. The van der Waals surface area contributed by atoms with Gasteiger partial charge in [-0.25, -0.2) is 0 Å². The minimum Gasteiger partial charge on any atom is -0.460 e. The van der Waals surface area contributed by atoms with Crippen LogP contribution in [-0.4, -0.2) is 51.5 Å². The van der Waals surface area contributed by atoms with E-state index in [2.05, 4.69) is 20.9 Å². The average molecular weight is 379 g/mol. The summed E-state index contributed by atoms with van der Waals surface area (Å²) in [5.74, 6) is 0.395. The average Bonchev–Trinajstić information content (AvgIpc) is 3.00. The Morgan fingerprint density at radius 2 is 2.10 bits per heavy atom. The van der Waals surface area contributed by atoms with Crippen molar-refractivity contribution >= 4 is 38.4 Å². The Morgan fingerprint density at radius 1 is 1.33 bits per heavy atom. The standard InChI is InChI=1S/C13H13BrClNO5/c14-5-1-2-6-9(10(5)15)7(3-16-6)20-13-12(19)11(18)8(4-17)21-13/h1-3,8,11-13,16-19H,4H2/t8-,11-,12?,13-/m1/s1. The van der Waals surface area contributed by atoms with Crippen LogP contribution in [0.4, 0.5) is 0 Å². The van der Waals surface area contributed by atoms with Crippen LogP contribution < -0.4 is 4.74 Å². The fourth-order valence-corrected chi connectivity index (χ4v) is 2.90. The number of aliphatic hydroxyl groups is 3. The number of benzene rings is 1. The minimum atomic E-state index is -1.25. The Balaban J connectivity index is 1.91. The van der Waals surface area contributed by atoms with Crippen LogP contribution in [0.2, 0.25) is 5.02 Å². The van der Waals surface area contributed by atoms with E-state index >= 15 is 0 Å². The first kappa shape index (κ1) is 15.1. The molecule has 1 aromatic heterocycles. The molecule has 0 spiro atoms. The van der Waals surface area contributed by atoms with E-state index in [1.165, 1.54) is 0 Å². The molecular weight excluding hydrogens is 366 g/mol. The zero-order chi connectivity index (χ0) is 15.1. The van der Waals surface area contributed by atoms with Gasteiger partial charge >= 0.3 is 0 Å². The zero-order valence-electron chi connectivity index (χ0n) is 10.7. The summed E-state index contributed by atoms with van der Waals surface area (Å²) < 4.78 is 11.6. The van der Waals surface area contributed by atoms with Gasteiger partial charge in [-0.15, -0.1) is 0 Å². The molecule has 0 saturated carbocycles. The maximum atomic E-state index is 9.89. The van der Waals surface area contributed by atoms with E-state index in [-0.39, 0.29) is 0 Å². The fraction of sp³-hybridized carbons (Fsp3) is 0.385. The molecule has 1 saturated heterocycles. The minimum absolute atomic E-state index is 0.395. The van der Waals surface area contributed by atoms with Crippen LogP contribution in [0.1, 0.15) is 0 Å². The Hall–Kier alpha value is -0.830. The molecule has 21 heavy (non-hydrogen) atoms. The molecule has 1 aromatic carbocycles. The molecule has 1 unspecified atom stereocenters. The number of aliphatic hydroxyl groups excluding tert-OH is 3. The third-order valence-electron chi connectivity index (χ3n) is 3.44. The van der Waals surface area contributed by atoms with E-state index < -0.39 is 31.2 Å². The fourth-order valence-electron chi connectivity index (χ4n) is 2.31. The first-order valence-corrected chi connectivity index (χ1v) is 7.44. The molecule has 114 valence electrons. The predicted octanol–water partition coefficient (Wildman–Crippen LogP) is 1.40. The number of nitrogens with one attached hydrogen (secondary N) is 1. The van der Waals surface area contributed by atoms with Gasteiger partial charge in [-0.3, -0.25) is 0 Å². The number of rotatable bonds is 3. The van der Waals surface area contributed by atoms with Crippen LogP contribution in [0, 0.1) is 0 Å². The highest BCUT2D eigenvalue weighted by Gasteiger charge is 2.44. The van der Waals surface area contributed by atoms with Gasteiger partial charge in [0.25, 0.3) is 0 Å². The molecule has 1 aliphatic heterocycles. The van der Waals surface area contributed by atoms with Gasteiger partial charge in [0.1, 0.15) is 24.1 Å². The van der Waals surface area contributed by atoms with Crippen molar-refractivity contribution in [1.82, 2.24) is 4.98 Å². The van der Waals surface area contributed by atoms with Gasteiger partial charge in [0.05, 0.1) is 22.5 Å². The van der Waals surface area contributed by atoms with E-state index in [1.54, 1.807) is 12.3 Å². The molecule has 2 heterocycles. The molecule has 0 radical (unpaired) electrons. The van der Waals surface area contributed by atoms with Crippen molar-refractivity contribution in [2.45, 2.75) is 24.6 Å². The summed E-state index contributed by atoms with van der Waals surface area (Å²) in [6.07, 6.45) is -2.81. The van der Waals surface area contributed by atoms with Crippen LogP contribution in [-0.2, 0) is 4.74 Å². The molecule has 3 rings (SSSR count). The van der Waals surface area contributed by atoms with Crippen LogP contribution in [0.5, 0.6) is 5.75 Å². The van der Waals surface area contributed by atoms with E-state index in [4.69, 9.17) is 26.2 Å². The largest absolute Gasteiger partial charge is 0.460 e. The number of H-pyrrole nitrogens is 1. The Labute approximate surface area is 133 Å². The van der Waals surface area contributed by atoms with Crippen molar-refractivity contribution in [2.75, 3.05) is 6.61 Å². The molecule has 1 fully saturated rings. The molecule has 4 atom stereocenters. The molecule has 0 aliphatic carbocycles. The summed E-state index contributed by atoms with van der Waals surface area (Å²) in [6.45, 7) is -0.404. The first-order chi connectivity index (χ1) is 10.0. The lowest BCUT2D eigenvalue weighted by Gasteiger charge is -2.16. The van der Waals surface area contributed by atoms with E-state index in [9.17, 15) is 10.2 Å². The second kappa shape index (κ2) is 5.75. The highest BCUT2D eigenvalue weighted by Crippen LogP contribution is 2.38. The van der Waals surface area contributed by atoms with Gasteiger partial charge in [0, 0.05) is 10.7 Å². The number of hydrogen-bond acceptors (Lipinski definition) is 5. The highest BCUT2D eigenvalue weighted by molar-refractivity contribution is 9.10. The lowest BCUT2D eigenvalue weighted by atomic mass is 10.1. The van der Waals surface area contributed by atoms with Crippen molar-refractivity contribution in [3.8, 4) is 5.75 Å². The quantitative estimate of drug-likeness (QED) is 0.648. The molecule has 8 heteroatoms. The second-order valence-corrected chi connectivity index (χ2v) is 5.99. The zero-order valence-corrected chi connectivity index (χ0v) is 13.0. The van der Waals surface area contributed by atoms with Gasteiger partial charge in [0.2, 0.25) is 6.29 Å². The smallest absolute Gasteiger partial charge is 0.229 e. The molecule has 6 nitrogen and oxygen atoms in total. The maximum Gasteiger partial charge on any atom is 0.229 e. The third-order valence-corrected chi connectivity index (χ3v) is 4.72. The van der Waals surface area contributed by atoms with Crippen molar-refractivity contribution < 1.29 is 24.8 Å². The van der Waals surface area contributed by atoms with Gasteiger partial charge < -0.3 is 29.8 Å². The topological polar surface area (TPSA) is 94.9 Å². The summed E-state index contributed by atoms with van der Waals surface area (Å²) in [5, 5.41) is 29.8. The first-order valence-electron chi connectivity index (χ1n) is 6.27. The van der Waals surface area contributed by atoms with Crippen LogP contribution in [0.3, 0.4) is 0 Å². The van der Waals surface area contributed by atoms with Crippen molar-refractivity contribution in [1.29, 1.82) is 0 Å². The number of halogens is 2. The van der Waals surface area contributed by atoms with E-state index in [0.29, 0.717) is 20.6 Å². The lowest BCUT2D eigenvalue weighted by Crippen LogP contribution is -2.35. The Kier molecular flexibility index (Phi) is 4.13. The van der Waals surface area contributed by atoms with E-state index in [1.807, 2.05) is 6.07 Å². The molecular formula is C13H13BrClNO5. The van der Waals surface area contributed by atoms with Gasteiger partial charge in [-0.1, -0.05) is 11.6 Å². The molecule has 4 N–H and O–H groups in total. The van der Waals surface area contributed by atoms with E-state index in [0.717, 1.165) is 5.52 Å².